The monoisotopic (exact) mass is 574 g/mol. The number of carbonyl (C=O) groups is 1. The summed E-state index contributed by atoms with van der Waals surface area (Å²) in [6.45, 7) is 1.07. The van der Waals surface area contributed by atoms with Gasteiger partial charge in [-0.1, -0.05) is 155 Å². The summed E-state index contributed by atoms with van der Waals surface area (Å²) in [5, 5.41) is 47.1. The van der Waals surface area contributed by atoms with Crippen molar-refractivity contribution in [2.45, 2.75) is 192 Å². The minimum Gasteiger partial charge on any atom is -0.463 e. The van der Waals surface area contributed by atoms with Crippen molar-refractivity contribution in [2.75, 3.05) is 13.2 Å². The lowest BCUT2D eigenvalue weighted by atomic mass is 10.0. The predicted molar refractivity (Wildman–Crippen MR) is 163 cm³/mol. The molecule has 0 saturated heterocycles. The summed E-state index contributed by atoms with van der Waals surface area (Å²) in [6.07, 6.45) is 25.6. The Morgan fingerprint density at radius 3 is 1.12 bits per heavy atom. The molecule has 0 aliphatic carbocycles. The number of ether oxygens (including phenoxy) is 1. The molecular weight excluding hydrogens is 508 g/mol. The largest absolute Gasteiger partial charge is 0.463 e. The standard InChI is InChI=1S/C33H66O7/c1-2-3-4-5-6-7-8-9-10-11-12-13-14-15-16-17-18-19-20-21-22-23-24-25-26-31(37)40-28-30(36)33(39)32(38)29(35)27-34/h29-30,32-36,38-39H,2-28H2,1H3/t29-,30+,32-,33-/m1/s1. The average Bonchev–Trinajstić information content (AvgIpc) is 2.96. The zero-order chi connectivity index (χ0) is 29.7. The van der Waals surface area contributed by atoms with Gasteiger partial charge in [-0.15, -0.1) is 0 Å². The Hall–Kier alpha value is -0.730. The molecule has 4 atom stereocenters. The molecule has 0 amide bonds. The summed E-state index contributed by atoms with van der Waals surface area (Å²) in [5.41, 5.74) is 0. The van der Waals surface area contributed by atoms with Gasteiger partial charge in [0.15, 0.2) is 0 Å². The molecule has 0 heterocycles. The van der Waals surface area contributed by atoms with E-state index in [0.29, 0.717) is 0 Å². The number of unbranched alkanes of at least 4 members (excludes halogenated alkanes) is 23. The van der Waals surface area contributed by atoms with Gasteiger partial charge < -0.3 is 30.3 Å². The van der Waals surface area contributed by atoms with Gasteiger partial charge in [-0.2, -0.15) is 0 Å². The molecule has 0 aromatic carbocycles. The Morgan fingerprint density at radius 1 is 0.500 bits per heavy atom. The molecule has 0 saturated carbocycles. The molecule has 40 heavy (non-hydrogen) atoms. The summed E-state index contributed by atoms with van der Waals surface area (Å²) in [5.74, 6) is -0.456. The van der Waals surface area contributed by atoms with E-state index in [2.05, 4.69) is 6.92 Å². The summed E-state index contributed by atoms with van der Waals surface area (Å²) in [7, 11) is 0. The zero-order valence-electron chi connectivity index (χ0n) is 26.0. The maximum atomic E-state index is 11.8. The Labute approximate surface area is 246 Å². The van der Waals surface area contributed by atoms with Gasteiger partial charge in [-0.05, 0) is 6.42 Å². The third-order valence-corrected chi connectivity index (χ3v) is 7.97. The van der Waals surface area contributed by atoms with Crippen molar-refractivity contribution in [1.82, 2.24) is 0 Å². The van der Waals surface area contributed by atoms with E-state index < -0.39 is 43.6 Å². The van der Waals surface area contributed by atoms with E-state index in [0.717, 1.165) is 19.3 Å². The highest BCUT2D eigenvalue weighted by Crippen LogP contribution is 2.16. The second-order valence-corrected chi connectivity index (χ2v) is 11.9. The van der Waals surface area contributed by atoms with E-state index in [9.17, 15) is 25.2 Å². The average molecular weight is 575 g/mol. The van der Waals surface area contributed by atoms with Crippen LogP contribution >= 0.6 is 0 Å². The van der Waals surface area contributed by atoms with Gasteiger partial charge in [-0.3, -0.25) is 4.79 Å². The zero-order valence-corrected chi connectivity index (χ0v) is 26.0. The van der Waals surface area contributed by atoms with E-state index in [1.54, 1.807) is 0 Å². The summed E-state index contributed by atoms with van der Waals surface area (Å²) >= 11 is 0. The van der Waals surface area contributed by atoms with E-state index in [-0.39, 0.29) is 6.42 Å². The van der Waals surface area contributed by atoms with Crippen LogP contribution in [0.4, 0.5) is 0 Å². The molecule has 0 rings (SSSR count). The van der Waals surface area contributed by atoms with E-state index in [1.807, 2.05) is 0 Å². The fourth-order valence-electron chi connectivity index (χ4n) is 5.14. The lowest BCUT2D eigenvalue weighted by molar-refractivity contribution is -0.156. The molecule has 7 heteroatoms. The number of esters is 1. The number of aliphatic hydroxyl groups excluding tert-OH is 5. The van der Waals surface area contributed by atoms with Crippen LogP contribution in [0.2, 0.25) is 0 Å². The first-order valence-corrected chi connectivity index (χ1v) is 16.9. The van der Waals surface area contributed by atoms with Gasteiger partial charge in [0.25, 0.3) is 0 Å². The van der Waals surface area contributed by atoms with Crippen LogP contribution in [-0.2, 0) is 9.53 Å². The van der Waals surface area contributed by atoms with E-state index >= 15 is 0 Å². The van der Waals surface area contributed by atoms with Crippen LogP contribution < -0.4 is 0 Å². The van der Waals surface area contributed by atoms with Crippen LogP contribution in [0.1, 0.15) is 167 Å². The highest BCUT2D eigenvalue weighted by atomic mass is 16.5. The third-order valence-electron chi connectivity index (χ3n) is 7.97. The number of rotatable bonds is 31. The van der Waals surface area contributed by atoms with Crippen LogP contribution in [0, 0.1) is 0 Å². The summed E-state index contributed by atoms with van der Waals surface area (Å²) in [6, 6.07) is 0. The lowest BCUT2D eigenvalue weighted by Crippen LogP contribution is -2.47. The van der Waals surface area contributed by atoms with Gasteiger partial charge in [0.1, 0.15) is 31.0 Å². The molecular formula is C33H66O7. The van der Waals surface area contributed by atoms with E-state index in [4.69, 9.17) is 9.84 Å². The molecule has 240 valence electrons. The first-order chi connectivity index (χ1) is 19.4. The number of aliphatic hydroxyl groups is 5. The first kappa shape index (κ1) is 39.3. The van der Waals surface area contributed by atoms with Crippen LogP contribution in [-0.4, -0.2) is 69.1 Å². The van der Waals surface area contributed by atoms with Gasteiger partial charge in [0.2, 0.25) is 0 Å². The van der Waals surface area contributed by atoms with Crippen molar-refractivity contribution in [3.05, 3.63) is 0 Å². The van der Waals surface area contributed by atoms with Gasteiger partial charge in [0, 0.05) is 6.42 Å². The molecule has 0 bridgehead atoms. The topological polar surface area (TPSA) is 127 Å². The van der Waals surface area contributed by atoms with Gasteiger partial charge >= 0.3 is 5.97 Å². The van der Waals surface area contributed by atoms with Crippen molar-refractivity contribution in [1.29, 1.82) is 0 Å². The predicted octanol–water partition coefficient (Wildman–Crippen LogP) is 6.74. The molecule has 0 aromatic rings. The Kier molecular flexibility index (Phi) is 29.2. The summed E-state index contributed by atoms with van der Waals surface area (Å²) in [4.78, 5) is 11.8. The van der Waals surface area contributed by atoms with E-state index in [1.165, 1.54) is 135 Å². The van der Waals surface area contributed by atoms with Crippen molar-refractivity contribution in [3.63, 3.8) is 0 Å². The molecule has 0 aromatic heterocycles. The quantitative estimate of drug-likeness (QED) is 0.0458. The van der Waals surface area contributed by atoms with Gasteiger partial charge in [-0.25, -0.2) is 0 Å². The van der Waals surface area contributed by atoms with Crippen molar-refractivity contribution < 1.29 is 35.1 Å². The highest BCUT2D eigenvalue weighted by Gasteiger charge is 2.30. The third kappa shape index (κ3) is 25.0. The molecule has 5 N–H and O–H groups in total. The second-order valence-electron chi connectivity index (χ2n) is 11.9. The van der Waals surface area contributed by atoms with Crippen LogP contribution in [0.15, 0.2) is 0 Å². The fraction of sp³-hybridized carbons (Fsp3) is 0.970. The molecule has 0 aliphatic rings. The summed E-state index contributed by atoms with van der Waals surface area (Å²) < 4.78 is 4.94. The Bertz CT molecular complexity index is 531. The maximum absolute atomic E-state index is 11.8. The van der Waals surface area contributed by atoms with Crippen LogP contribution in [0.25, 0.3) is 0 Å². The van der Waals surface area contributed by atoms with Crippen molar-refractivity contribution in [2.24, 2.45) is 0 Å². The lowest BCUT2D eigenvalue weighted by Gasteiger charge is -2.25. The normalized spacial score (nSPS) is 14.7. The molecule has 0 fully saturated rings. The molecule has 7 nitrogen and oxygen atoms in total. The second kappa shape index (κ2) is 29.8. The van der Waals surface area contributed by atoms with Crippen LogP contribution in [0.5, 0.6) is 0 Å². The number of carbonyl (C=O) groups excluding carboxylic acids is 1. The smallest absolute Gasteiger partial charge is 0.305 e. The molecule has 0 radical (unpaired) electrons. The molecule has 0 unspecified atom stereocenters. The SMILES string of the molecule is CCCCCCCCCCCCCCCCCCCCCCCCCCC(=O)OC[C@H](O)[C@@H](O)[C@H](O)[C@H](O)CO. The maximum Gasteiger partial charge on any atom is 0.305 e. The Balaban J connectivity index is 3.31. The number of hydrogen-bond acceptors (Lipinski definition) is 7. The Morgan fingerprint density at radius 2 is 0.800 bits per heavy atom. The minimum absolute atomic E-state index is 0.254. The van der Waals surface area contributed by atoms with Crippen LogP contribution in [0.3, 0.4) is 0 Å². The van der Waals surface area contributed by atoms with Gasteiger partial charge in [0.05, 0.1) is 6.61 Å². The van der Waals surface area contributed by atoms with Crippen molar-refractivity contribution in [3.8, 4) is 0 Å². The highest BCUT2D eigenvalue weighted by molar-refractivity contribution is 5.69. The molecule has 0 aliphatic heterocycles. The van der Waals surface area contributed by atoms with Crippen molar-refractivity contribution >= 4 is 5.97 Å². The first-order valence-electron chi connectivity index (χ1n) is 16.9. The molecule has 0 spiro atoms. The minimum atomic E-state index is -1.72. The fourth-order valence-corrected chi connectivity index (χ4v) is 5.14. The number of hydrogen-bond donors (Lipinski definition) is 5.